The summed E-state index contributed by atoms with van der Waals surface area (Å²) in [6.07, 6.45) is 0. The molecule has 0 fully saturated rings. The zero-order valence-electron chi connectivity index (χ0n) is 10.6. The number of rotatable bonds is 4. The zero-order chi connectivity index (χ0) is 14.2. The van der Waals surface area contributed by atoms with E-state index >= 15 is 0 Å². The first-order valence-electron chi connectivity index (χ1n) is 5.77. The van der Waals surface area contributed by atoms with Gasteiger partial charge in [-0.2, -0.15) is 0 Å². The monoisotopic (exact) mass is 282 g/mol. The predicted molar refractivity (Wildman–Crippen MR) is 70.9 cm³/mol. The molecule has 0 aliphatic carbocycles. The van der Waals surface area contributed by atoms with Crippen LogP contribution < -0.4 is 0 Å². The van der Waals surface area contributed by atoms with E-state index in [9.17, 15) is 13.2 Å². The smallest absolute Gasteiger partial charge is 0.335 e. The lowest BCUT2D eigenvalue weighted by molar-refractivity contribution is 0.0697. The Morgan fingerprint density at radius 1 is 1.32 bits per heavy atom. The number of carbonyl (C=O) groups is 1. The van der Waals surface area contributed by atoms with Gasteiger partial charge in [-0.3, -0.25) is 0 Å². The maximum atomic E-state index is 11.8. The highest BCUT2D eigenvalue weighted by molar-refractivity contribution is 7.91. The highest BCUT2D eigenvalue weighted by Gasteiger charge is 2.19. The summed E-state index contributed by atoms with van der Waals surface area (Å²) < 4.78 is 29.0. The van der Waals surface area contributed by atoms with Crippen LogP contribution in [-0.4, -0.2) is 24.7 Å². The van der Waals surface area contributed by atoms with Crippen molar-refractivity contribution in [2.24, 2.45) is 0 Å². The Bertz CT molecular complexity index is 725. The first kappa shape index (κ1) is 13.6. The summed E-state index contributed by atoms with van der Waals surface area (Å²) in [6, 6.07) is 5.99. The minimum Gasteiger partial charge on any atom is -0.478 e. The Kier molecular flexibility index (Phi) is 3.36. The molecular formula is C13H14O5S. The third-order valence-electron chi connectivity index (χ3n) is 2.88. The average Bonchev–Trinajstić information content (AvgIpc) is 2.68. The van der Waals surface area contributed by atoms with Crippen LogP contribution in [0.15, 0.2) is 28.7 Å². The summed E-state index contributed by atoms with van der Waals surface area (Å²) in [5.74, 6) is -0.882. The van der Waals surface area contributed by atoms with Crippen LogP contribution in [0.1, 0.15) is 30.0 Å². The van der Waals surface area contributed by atoms with Gasteiger partial charge in [0.15, 0.2) is 9.84 Å². The molecule has 1 N–H and O–H groups in total. The number of sulfone groups is 1. The fraction of sp³-hybridized carbons (Fsp3) is 0.308. The number of furan rings is 1. The molecule has 1 heterocycles. The largest absolute Gasteiger partial charge is 0.478 e. The van der Waals surface area contributed by atoms with Gasteiger partial charge in [-0.15, -0.1) is 0 Å². The normalized spacial score (nSPS) is 12.2. The van der Waals surface area contributed by atoms with E-state index in [1.54, 1.807) is 19.9 Å². The summed E-state index contributed by atoms with van der Waals surface area (Å²) in [4.78, 5) is 10.8. The van der Waals surface area contributed by atoms with E-state index in [2.05, 4.69) is 0 Å². The fourth-order valence-electron chi connectivity index (χ4n) is 1.67. The van der Waals surface area contributed by atoms with E-state index in [1.807, 2.05) is 0 Å². The van der Waals surface area contributed by atoms with Gasteiger partial charge < -0.3 is 9.52 Å². The van der Waals surface area contributed by atoms with Gasteiger partial charge in [-0.1, -0.05) is 0 Å². The maximum absolute atomic E-state index is 11.8. The van der Waals surface area contributed by atoms with Crippen molar-refractivity contribution in [1.82, 2.24) is 0 Å². The minimum absolute atomic E-state index is 0.145. The first-order valence-corrected chi connectivity index (χ1v) is 7.48. The van der Waals surface area contributed by atoms with Crippen molar-refractivity contribution in [2.45, 2.75) is 24.9 Å². The number of aromatic carboxylic acids is 1. The SMILES string of the molecule is CC(C)S(=O)(=O)Cc1cc2cc(C(=O)O)ccc2o1. The topological polar surface area (TPSA) is 84.6 Å². The molecule has 0 bridgehead atoms. The lowest BCUT2D eigenvalue weighted by Crippen LogP contribution is -2.15. The molecule has 0 saturated heterocycles. The van der Waals surface area contributed by atoms with Crippen LogP contribution in [0.25, 0.3) is 11.0 Å². The molecule has 0 atom stereocenters. The average molecular weight is 282 g/mol. The molecule has 0 unspecified atom stereocenters. The lowest BCUT2D eigenvalue weighted by Gasteiger charge is -2.04. The second kappa shape index (κ2) is 4.70. The van der Waals surface area contributed by atoms with Crippen molar-refractivity contribution in [3.63, 3.8) is 0 Å². The van der Waals surface area contributed by atoms with Crippen LogP contribution in [0.3, 0.4) is 0 Å². The molecule has 1 aromatic carbocycles. The molecule has 0 saturated carbocycles. The number of fused-ring (bicyclic) bond motifs is 1. The van der Waals surface area contributed by atoms with Crippen LogP contribution in [0.2, 0.25) is 0 Å². The summed E-state index contributed by atoms with van der Waals surface area (Å²) >= 11 is 0. The fourth-order valence-corrected chi connectivity index (χ4v) is 2.54. The van der Waals surface area contributed by atoms with Crippen LogP contribution >= 0.6 is 0 Å². The standard InChI is InChI=1S/C13H14O5S/c1-8(2)19(16,17)7-11-6-10-5-9(13(14)15)3-4-12(10)18-11/h3-6,8H,7H2,1-2H3,(H,14,15). The number of carboxylic acids is 1. The predicted octanol–water partition coefficient (Wildman–Crippen LogP) is 2.45. The summed E-state index contributed by atoms with van der Waals surface area (Å²) in [7, 11) is -3.24. The van der Waals surface area contributed by atoms with Gasteiger partial charge in [0.2, 0.25) is 0 Å². The van der Waals surface area contributed by atoms with E-state index in [0.29, 0.717) is 16.7 Å². The highest BCUT2D eigenvalue weighted by Crippen LogP contribution is 2.23. The summed E-state index contributed by atoms with van der Waals surface area (Å²) in [6.45, 7) is 3.22. The second-order valence-corrected chi connectivity index (χ2v) is 7.18. The Morgan fingerprint density at radius 2 is 2.00 bits per heavy atom. The van der Waals surface area contributed by atoms with Crippen LogP contribution in [0, 0.1) is 0 Å². The van der Waals surface area contributed by atoms with Crippen molar-refractivity contribution in [1.29, 1.82) is 0 Å². The van der Waals surface area contributed by atoms with Crippen molar-refractivity contribution >= 4 is 26.8 Å². The Balaban J connectivity index is 2.40. The third-order valence-corrected chi connectivity index (χ3v) is 5.00. The van der Waals surface area contributed by atoms with Gasteiger partial charge in [-0.25, -0.2) is 13.2 Å². The molecule has 5 nitrogen and oxygen atoms in total. The third kappa shape index (κ3) is 2.78. The molecule has 2 aromatic rings. The van der Waals surface area contributed by atoms with Gasteiger partial charge in [0.1, 0.15) is 17.1 Å². The molecule has 0 radical (unpaired) electrons. The van der Waals surface area contributed by atoms with Crippen molar-refractivity contribution in [3.05, 3.63) is 35.6 Å². The van der Waals surface area contributed by atoms with Crippen LogP contribution in [0.4, 0.5) is 0 Å². The molecule has 1 aromatic heterocycles. The molecule has 102 valence electrons. The highest BCUT2D eigenvalue weighted by atomic mass is 32.2. The van der Waals surface area contributed by atoms with Gasteiger partial charge >= 0.3 is 5.97 Å². The number of hydrogen-bond donors (Lipinski definition) is 1. The molecule has 2 rings (SSSR count). The molecule has 0 aliphatic heterocycles. The number of carboxylic acid groups (broad SMARTS) is 1. The van der Waals surface area contributed by atoms with E-state index in [0.717, 1.165) is 0 Å². The molecule has 6 heteroatoms. The Morgan fingerprint density at radius 3 is 2.58 bits per heavy atom. The first-order chi connectivity index (χ1) is 8.79. The summed E-state index contributed by atoms with van der Waals surface area (Å²) in [5.41, 5.74) is 0.630. The zero-order valence-corrected chi connectivity index (χ0v) is 11.4. The molecule has 0 aliphatic rings. The van der Waals surface area contributed by atoms with E-state index < -0.39 is 21.1 Å². The van der Waals surface area contributed by atoms with Gasteiger partial charge in [-0.05, 0) is 38.1 Å². The van der Waals surface area contributed by atoms with Gasteiger partial charge in [0.05, 0.1) is 10.8 Å². The van der Waals surface area contributed by atoms with Crippen molar-refractivity contribution in [3.8, 4) is 0 Å². The van der Waals surface area contributed by atoms with Crippen molar-refractivity contribution in [2.75, 3.05) is 0 Å². The molecule has 19 heavy (non-hydrogen) atoms. The minimum atomic E-state index is -3.24. The van der Waals surface area contributed by atoms with Crippen LogP contribution in [0.5, 0.6) is 0 Å². The number of hydrogen-bond acceptors (Lipinski definition) is 4. The summed E-state index contributed by atoms with van der Waals surface area (Å²) in [5, 5.41) is 9.00. The Labute approximate surface area is 110 Å². The lowest BCUT2D eigenvalue weighted by atomic mass is 10.1. The second-order valence-electron chi connectivity index (χ2n) is 4.63. The van der Waals surface area contributed by atoms with E-state index in [-0.39, 0.29) is 11.3 Å². The van der Waals surface area contributed by atoms with Crippen LogP contribution in [-0.2, 0) is 15.6 Å². The van der Waals surface area contributed by atoms with Gasteiger partial charge in [0.25, 0.3) is 0 Å². The maximum Gasteiger partial charge on any atom is 0.335 e. The van der Waals surface area contributed by atoms with Gasteiger partial charge in [0, 0.05) is 5.39 Å². The van der Waals surface area contributed by atoms with E-state index in [4.69, 9.17) is 9.52 Å². The Hall–Kier alpha value is -1.82. The molecule has 0 spiro atoms. The quantitative estimate of drug-likeness (QED) is 0.931. The molecule has 0 amide bonds. The van der Waals surface area contributed by atoms with E-state index in [1.165, 1.54) is 18.2 Å². The van der Waals surface area contributed by atoms with Crippen molar-refractivity contribution < 1.29 is 22.7 Å². The number of benzene rings is 1. The molecular weight excluding hydrogens is 268 g/mol.